The summed E-state index contributed by atoms with van der Waals surface area (Å²) in [4.78, 5) is 20.2. The number of ether oxygens (including phenoxy) is 1. The fourth-order valence-electron chi connectivity index (χ4n) is 1.11. The van der Waals surface area contributed by atoms with E-state index < -0.39 is 37.2 Å². The summed E-state index contributed by atoms with van der Waals surface area (Å²) in [5.74, 6) is -0.974. The van der Waals surface area contributed by atoms with Gasteiger partial charge in [0.15, 0.2) is 0 Å². The highest BCUT2D eigenvalue weighted by molar-refractivity contribution is 7.85. The molecule has 0 spiro atoms. The molecule has 1 aromatic rings. The third kappa shape index (κ3) is 2.77. The zero-order chi connectivity index (χ0) is 13.2. The van der Waals surface area contributed by atoms with Crippen LogP contribution in [0.25, 0.3) is 0 Å². The Morgan fingerprint density at radius 1 is 1.47 bits per heavy atom. The van der Waals surface area contributed by atoms with Gasteiger partial charge in [0.2, 0.25) is 0 Å². The van der Waals surface area contributed by atoms with Gasteiger partial charge in [0.1, 0.15) is 10.5 Å². The highest BCUT2D eigenvalue weighted by Gasteiger charge is 2.24. The lowest BCUT2D eigenvalue weighted by Gasteiger charge is -2.02. The monoisotopic (exact) mass is 261 g/mol. The number of carbonyl (C=O) groups excluding carboxylic acids is 1. The fourth-order valence-corrected chi connectivity index (χ4v) is 1.61. The maximum Gasteiger partial charge on any atom is 0.344 e. The Balaban J connectivity index is 3.48. The lowest BCUT2D eigenvalue weighted by molar-refractivity contribution is -0.385. The van der Waals surface area contributed by atoms with Gasteiger partial charge < -0.3 is 4.74 Å². The Hall–Kier alpha value is -2.00. The number of benzene rings is 1. The third-order valence-corrected chi connectivity index (χ3v) is 2.72. The highest BCUT2D eigenvalue weighted by Crippen LogP contribution is 2.23. The van der Waals surface area contributed by atoms with Crippen LogP contribution in [-0.2, 0) is 14.9 Å². The van der Waals surface area contributed by atoms with Crippen molar-refractivity contribution in [3.63, 3.8) is 0 Å². The Bertz CT molecular complexity index is 578. The Morgan fingerprint density at radius 3 is 2.47 bits per heavy atom. The molecule has 8 nitrogen and oxygen atoms in total. The molecule has 0 aliphatic rings. The average molecular weight is 261 g/mol. The molecule has 0 heterocycles. The molecule has 0 fully saturated rings. The molecule has 92 valence electrons. The first kappa shape index (κ1) is 13.1. The van der Waals surface area contributed by atoms with Gasteiger partial charge in [-0.2, -0.15) is 8.42 Å². The summed E-state index contributed by atoms with van der Waals surface area (Å²) in [6, 6.07) is 2.35. The molecule has 9 heteroatoms. The van der Waals surface area contributed by atoms with E-state index in [2.05, 4.69) is 4.74 Å². The van der Waals surface area contributed by atoms with Crippen molar-refractivity contribution in [1.82, 2.24) is 0 Å². The number of nitro benzene ring substituents is 1. The molecule has 0 aromatic heterocycles. The molecule has 1 N–H and O–H groups in total. The Morgan fingerprint density at radius 2 is 2.06 bits per heavy atom. The van der Waals surface area contributed by atoms with E-state index in [1.54, 1.807) is 0 Å². The summed E-state index contributed by atoms with van der Waals surface area (Å²) in [5, 5.41) is 10.6. The van der Waals surface area contributed by atoms with Crippen LogP contribution >= 0.6 is 0 Å². The highest BCUT2D eigenvalue weighted by atomic mass is 32.2. The molecule has 0 unspecified atom stereocenters. The van der Waals surface area contributed by atoms with Crippen LogP contribution < -0.4 is 0 Å². The topological polar surface area (TPSA) is 124 Å². The number of methoxy groups -OCH3 is 1. The van der Waals surface area contributed by atoms with Crippen LogP contribution in [-0.4, -0.2) is 31.0 Å². The lowest BCUT2D eigenvalue weighted by atomic mass is 10.2. The molecule has 0 saturated carbocycles. The van der Waals surface area contributed by atoms with Crippen molar-refractivity contribution in [2.24, 2.45) is 0 Å². The van der Waals surface area contributed by atoms with Crippen molar-refractivity contribution < 1.29 is 27.4 Å². The summed E-state index contributed by atoms with van der Waals surface area (Å²) >= 11 is 0. The predicted molar refractivity (Wildman–Crippen MR) is 54.3 cm³/mol. The molecular formula is C8H7NO7S. The largest absolute Gasteiger partial charge is 0.465 e. The molecule has 17 heavy (non-hydrogen) atoms. The van der Waals surface area contributed by atoms with Crippen molar-refractivity contribution in [3.05, 3.63) is 33.9 Å². The summed E-state index contributed by atoms with van der Waals surface area (Å²) in [7, 11) is -3.53. The van der Waals surface area contributed by atoms with Crippen molar-refractivity contribution >= 4 is 21.8 Å². The van der Waals surface area contributed by atoms with Crippen LogP contribution in [0.3, 0.4) is 0 Å². The molecule has 0 aliphatic carbocycles. The quantitative estimate of drug-likeness (QED) is 0.366. The molecule has 0 atom stereocenters. The summed E-state index contributed by atoms with van der Waals surface area (Å²) in [6.07, 6.45) is 0. The zero-order valence-electron chi connectivity index (χ0n) is 8.48. The van der Waals surface area contributed by atoms with Crippen molar-refractivity contribution in [1.29, 1.82) is 0 Å². The SMILES string of the molecule is COC(=O)c1ccc(S(=O)(=O)O)cc1[N+](=O)[O-]. The molecular weight excluding hydrogens is 254 g/mol. The van der Waals surface area contributed by atoms with E-state index in [1.807, 2.05) is 0 Å². The van der Waals surface area contributed by atoms with Gasteiger partial charge in [0, 0.05) is 6.07 Å². The molecule has 0 amide bonds. The number of hydrogen-bond acceptors (Lipinski definition) is 6. The fraction of sp³-hybridized carbons (Fsp3) is 0.125. The summed E-state index contributed by atoms with van der Waals surface area (Å²) in [5.41, 5.74) is -1.16. The van der Waals surface area contributed by atoms with Gasteiger partial charge in [-0.05, 0) is 12.1 Å². The van der Waals surface area contributed by atoms with Gasteiger partial charge in [-0.25, -0.2) is 4.79 Å². The normalized spacial score (nSPS) is 10.9. The van der Waals surface area contributed by atoms with E-state index >= 15 is 0 Å². The number of carbonyl (C=O) groups is 1. The van der Waals surface area contributed by atoms with Crippen LogP contribution in [0.2, 0.25) is 0 Å². The number of nitro groups is 1. The van der Waals surface area contributed by atoms with Crippen LogP contribution in [0.15, 0.2) is 23.1 Å². The number of rotatable bonds is 3. The second-order valence-corrected chi connectivity index (χ2v) is 4.32. The van der Waals surface area contributed by atoms with Crippen LogP contribution in [0.1, 0.15) is 10.4 Å². The van der Waals surface area contributed by atoms with Crippen molar-refractivity contribution in [2.45, 2.75) is 4.90 Å². The standard InChI is InChI=1S/C8H7NO7S/c1-16-8(10)6-3-2-5(17(13,14)15)4-7(6)9(11)12/h2-4H,1H3,(H,13,14,15). The lowest BCUT2D eigenvalue weighted by Crippen LogP contribution is -2.07. The Labute approximate surface area is 95.7 Å². The van der Waals surface area contributed by atoms with Gasteiger partial charge in [-0.3, -0.25) is 14.7 Å². The van der Waals surface area contributed by atoms with E-state index in [0.29, 0.717) is 6.07 Å². The van der Waals surface area contributed by atoms with E-state index in [4.69, 9.17) is 4.55 Å². The van der Waals surface area contributed by atoms with E-state index in [1.165, 1.54) is 0 Å². The van der Waals surface area contributed by atoms with Gasteiger partial charge in [0.05, 0.1) is 12.0 Å². The maximum atomic E-state index is 11.2. The van der Waals surface area contributed by atoms with Gasteiger partial charge in [-0.1, -0.05) is 0 Å². The first-order valence-corrected chi connectivity index (χ1v) is 5.55. The minimum absolute atomic E-state index is 0.398. The second kappa shape index (κ2) is 4.47. The minimum atomic E-state index is -4.56. The van der Waals surface area contributed by atoms with Crippen LogP contribution in [0, 0.1) is 10.1 Å². The molecule has 0 aliphatic heterocycles. The van der Waals surface area contributed by atoms with Crippen LogP contribution in [0.4, 0.5) is 5.69 Å². The number of hydrogen-bond donors (Lipinski definition) is 1. The van der Waals surface area contributed by atoms with E-state index in [0.717, 1.165) is 19.2 Å². The third-order valence-electron chi connectivity index (χ3n) is 1.87. The van der Waals surface area contributed by atoms with Crippen LogP contribution in [0.5, 0.6) is 0 Å². The molecule has 0 saturated heterocycles. The summed E-state index contributed by atoms with van der Waals surface area (Å²) in [6.45, 7) is 0. The van der Waals surface area contributed by atoms with Gasteiger partial charge >= 0.3 is 5.97 Å². The van der Waals surface area contributed by atoms with Gasteiger partial charge in [0.25, 0.3) is 15.8 Å². The number of esters is 1. The predicted octanol–water partition coefficient (Wildman–Crippen LogP) is 0.628. The zero-order valence-corrected chi connectivity index (χ0v) is 9.30. The van der Waals surface area contributed by atoms with Crippen molar-refractivity contribution in [3.8, 4) is 0 Å². The first-order chi connectivity index (χ1) is 7.77. The number of nitrogens with zero attached hydrogens (tertiary/aromatic N) is 1. The average Bonchev–Trinajstić information content (AvgIpc) is 2.25. The smallest absolute Gasteiger partial charge is 0.344 e. The first-order valence-electron chi connectivity index (χ1n) is 4.11. The van der Waals surface area contributed by atoms with E-state index in [-0.39, 0.29) is 0 Å². The Kier molecular flexibility index (Phi) is 3.44. The van der Waals surface area contributed by atoms with Gasteiger partial charge in [-0.15, -0.1) is 0 Å². The second-order valence-electron chi connectivity index (χ2n) is 2.90. The molecule has 1 rings (SSSR count). The minimum Gasteiger partial charge on any atom is -0.465 e. The van der Waals surface area contributed by atoms with E-state index in [9.17, 15) is 23.3 Å². The van der Waals surface area contributed by atoms with Crippen molar-refractivity contribution in [2.75, 3.05) is 7.11 Å². The summed E-state index contributed by atoms with van der Waals surface area (Å²) < 4.78 is 34.6. The molecule has 0 bridgehead atoms. The molecule has 1 aromatic carbocycles. The maximum absolute atomic E-state index is 11.2. The molecule has 0 radical (unpaired) electrons.